The van der Waals surface area contributed by atoms with E-state index in [1.165, 1.54) is 16.7 Å². The zero-order chi connectivity index (χ0) is 13.0. The third-order valence-electron chi connectivity index (χ3n) is 3.52. The third-order valence-corrected chi connectivity index (χ3v) is 3.52. The largest absolute Gasteiger partial charge is 0.103 e. The quantitative estimate of drug-likeness (QED) is 0.672. The average Bonchev–Trinajstić information content (AvgIpc) is 2.40. The first-order valence-corrected chi connectivity index (χ1v) is 6.40. The van der Waals surface area contributed by atoms with Crippen LogP contribution in [0.4, 0.5) is 0 Å². The second-order valence-electron chi connectivity index (χ2n) is 5.18. The van der Waals surface area contributed by atoms with Gasteiger partial charge in [-0.05, 0) is 23.1 Å². The van der Waals surface area contributed by atoms with Crippen LogP contribution in [-0.4, -0.2) is 0 Å². The normalized spacial score (nSPS) is 11.2. The van der Waals surface area contributed by atoms with E-state index in [0.29, 0.717) is 0 Å². The summed E-state index contributed by atoms with van der Waals surface area (Å²) in [7, 11) is 0. The number of hydrogen-bond donors (Lipinski definition) is 0. The summed E-state index contributed by atoms with van der Waals surface area (Å²) in [5.41, 5.74) is 4.07. The van der Waals surface area contributed by atoms with Crippen LogP contribution in [0.3, 0.4) is 0 Å². The van der Waals surface area contributed by atoms with Gasteiger partial charge in [-0.1, -0.05) is 74.5 Å². The van der Waals surface area contributed by atoms with E-state index >= 15 is 0 Å². The molecule has 92 valence electrons. The van der Waals surface area contributed by atoms with E-state index in [4.69, 9.17) is 0 Å². The molecule has 2 aromatic carbocycles. The molecule has 18 heavy (non-hydrogen) atoms. The van der Waals surface area contributed by atoms with E-state index in [1.807, 2.05) is 6.08 Å². The first kappa shape index (κ1) is 12.6. The van der Waals surface area contributed by atoms with Gasteiger partial charge in [0.15, 0.2) is 0 Å². The molecule has 0 heteroatoms. The summed E-state index contributed by atoms with van der Waals surface area (Å²) in [4.78, 5) is 0. The van der Waals surface area contributed by atoms with Crippen molar-refractivity contribution < 1.29 is 0 Å². The highest BCUT2D eigenvalue weighted by atomic mass is 14.3. The van der Waals surface area contributed by atoms with Gasteiger partial charge in [0.1, 0.15) is 0 Å². The molecule has 0 aliphatic carbocycles. The van der Waals surface area contributed by atoms with Crippen molar-refractivity contribution in [3.05, 3.63) is 83.9 Å². The van der Waals surface area contributed by atoms with E-state index in [-0.39, 0.29) is 5.41 Å². The van der Waals surface area contributed by atoms with Gasteiger partial charge in [-0.25, -0.2) is 0 Å². The number of rotatable bonds is 4. The maximum atomic E-state index is 3.81. The first-order valence-electron chi connectivity index (χ1n) is 6.40. The van der Waals surface area contributed by atoms with Gasteiger partial charge in [0.05, 0.1) is 0 Å². The highest BCUT2D eigenvalue weighted by molar-refractivity contribution is 5.39. The molecule has 0 aromatic heterocycles. The third kappa shape index (κ3) is 2.53. The molecule has 0 atom stereocenters. The topological polar surface area (TPSA) is 0 Å². The Morgan fingerprint density at radius 3 is 2.28 bits per heavy atom. The van der Waals surface area contributed by atoms with Crippen molar-refractivity contribution in [2.75, 3.05) is 0 Å². The molecule has 2 rings (SSSR count). The van der Waals surface area contributed by atoms with Crippen molar-refractivity contribution in [3.8, 4) is 0 Å². The van der Waals surface area contributed by atoms with Crippen molar-refractivity contribution in [3.63, 3.8) is 0 Å². The van der Waals surface area contributed by atoms with Crippen LogP contribution >= 0.6 is 0 Å². The lowest BCUT2D eigenvalue weighted by Gasteiger charge is -2.26. The second-order valence-corrected chi connectivity index (χ2v) is 5.18. The predicted octanol–water partition coefficient (Wildman–Crippen LogP) is 4.74. The molecule has 0 heterocycles. The van der Waals surface area contributed by atoms with E-state index in [2.05, 4.69) is 75.0 Å². The van der Waals surface area contributed by atoms with Gasteiger partial charge in [0.2, 0.25) is 0 Å². The summed E-state index contributed by atoms with van der Waals surface area (Å²) in [6.07, 6.45) is 2.88. The van der Waals surface area contributed by atoms with Crippen LogP contribution in [-0.2, 0) is 11.8 Å². The van der Waals surface area contributed by atoms with Crippen LogP contribution in [0.25, 0.3) is 0 Å². The van der Waals surface area contributed by atoms with Gasteiger partial charge < -0.3 is 0 Å². The fraction of sp³-hybridized carbons (Fsp3) is 0.222. The van der Waals surface area contributed by atoms with E-state index < -0.39 is 0 Å². The van der Waals surface area contributed by atoms with E-state index in [1.54, 1.807) is 0 Å². The molecule has 0 amide bonds. The fourth-order valence-corrected chi connectivity index (χ4v) is 2.28. The van der Waals surface area contributed by atoms with Crippen LogP contribution in [0.2, 0.25) is 0 Å². The minimum atomic E-state index is 0.0401. The monoisotopic (exact) mass is 236 g/mol. The molecule has 0 bridgehead atoms. The number of allylic oxidation sites excluding steroid dienone is 1. The van der Waals surface area contributed by atoms with Crippen LogP contribution in [0.15, 0.2) is 67.3 Å². The van der Waals surface area contributed by atoms with Gasteiger partial charge in [-0.3, -0.25) is 0 Å². The standard InChI is InChI=1S/C18H20/c1-4-9-15-10-8-13-17(14-15)18(2,3)16-11-6-5-7-12-16/h4-8,10-14H,1,9H2,2-3H3. The molecular weight excluding hydrogens is 216 g/mol. The highest BCUT2D eigenvalue weighted by Crippen LogP contribution is 2.31. The fourth-order valence-electron chi connectivity index (χ4n) is 2.28. The first-order chi connectivity index (χ1) is 8.64. The minimum absolute atomic E-state index is 0.0401. The van der Waals surface area contributed by atoms with Gasteiger partial charge in [-0.2, -0.15) is 0 Å². The summed E-state index contributed by atoms with van der Waals surface area (Å²) in [5.74, 6) is 0. The van der Waals surface area contributed by atoms with E-state index in [0.717, 1.165) is 6.42 Å². The Kier molecular flexibility index (Phi) is 3.66. The zero-order valence-corrected chi connectivity index (χ0v) is 11.2. The molecule has 0 radical (unpaired) electrons. The summed E-state index contributed by atoms with van der Waals surface area (Å²) < 4.78 is 0. The Hall–Kier alpha value is -1.82. The molecule has 2 aromatic rings. The SMILES string of the molecule is C=CCc1cccc(C(C)(C)c2ccccc2)c1. The molecule has 0 N–H and O–H groups in total. The van der Waals surface area contributed by atoms with Gasteiger partial charge in [0, 0.05) is 5.41 Å². The molecule has 0 nitrogen and oxygen atoms in total. The Morgan fingerprint density at radius 1 is 0.944 bits per heavy atom. The van der Waals surface area contributed by atoms with Crippen molar-refractivity contribution in [1.29, 1.82) is 0 Å². The second kappa shape index (κ2) is 5.22. The zero-order valence-electron chi connectivity index (χ0n) is 11.2. The molecule has 0 saturated heterocycles. The summed E-state index contributed by atoms with van der Waals surface area (Å²) >= 11 is 0. The Balaban J connectivity index is 2.41. The number of benzene rings is 2. The summed E-state index contributed by atoms with van der Waals surface area (Å²) in [5, 5.41) is 0. The Labute approximate surface area is 110 Å². The molecule has 0 fully saturated rings. The summed E-state index contributed by atoms with van der Waals surface area (Å²) in [6.45, 7) is 8.35. The Morgan fingerprint density at radius 2 is 1.61 bits per heavy atom. The molecule has 0 aliphatic heterocycles. The number of hydrogen-bond acceptors (Lipinski definition) is 0. The molecule has 0 saturated carbocycles. The van der Waals surface area contributed by atoms with Crippen LogP contribution in [0.1, 0.15) is 30.5 Å². The molecule has 0 aliphatic rings. The van der Waals surface area contributed by atoms with Crippen molar-refractivity contribution >= 4 is 0 Å². The molecular formula is C18H20. The summed E-state index contributed by atoms with van der Waals surface area (Å²) in [6, 6.07) is 19.4. The average molecular weight is 236 g/mol. The van der Waals surface area contributed by atoms with Gasteiger partial charge in [0.25, 0.3) is 0 Å². The van der Waals surface area contributed by atoms with Crippen molar-refractivity contribution in [2.45, 2.75) is 25.7 Å². The predicted molar refractivity (Wildman–Crippen MR) is 78.9 cm³/mol. The maximum absolute atomic E-state index is 3.81. The van der Waals surface area contributed by atoms with Gasteiger partial charge >= 0.3 is 0 Å². The minimum Gasteiger partial charge on any atom is -0.103 e. The smallest absolute Gasteiger partial charge is 0.0146 e. The lowest BCUT2D eigenvalue weighted by Crippen LogP contribution is -2.18. The Bertz CT molecular complexity index is 521. The lowest BCUT2D eigenvalue weighted by molar-refractivity contribution is 0.640. The maximum Gasteiger partial charge on any atom is 0.0146 e. The van der Waals surface area contributed by atoms with Crippen LogP contribution < -0.4 is 0 Å². The lowest BCUT2D eigenvalue weighted by atomic mass is 9.77. The van der Waals surface area contributed by atoms with Crippen LogP contribution in [0.5, 0.6) is 0 Å². The highest BCUT2D eigenvalue weighted by Gasteiger charge is 2.22. The molecule has 0 unspecified atom stereocenters. The van der Waals surface area contributed by atoms with E-state index in [9.17, 15) is 0 Å². The van der Waals surface area contributed by atoms with Gasteiger partial charge in [-0.15, -0.1) is 6.58 Å². The van der Waals surface area contributed by atoms with Crippen LogP contribution in [0, 0.1) is 0 Å². The van der Waals surface area contributed by atoms with Crippen molar-refractivity contribution in [2.24, 2.45) is 0 Å². The molecule has 0 spiro atoms. The van der Waals surface area contributed by atoms with Crippen molar-refractivity contribution in [1.82, 2.24) is 0 Å².